The maximum atomic E-state index is 11.6. The van der Waals surface area contributed by atoms with Crippen LogP contribution in [0.4, 0.5) is 10.6 Å². The Bertz CT molecular complexity index is 977. The Kier molecular flexibility index (Phi) is 3.78. The summed E-state index contributed by atoms with van der Waals surface area (Å²) in [7, 11) is 0. The molecular formula is C16H15N7O2. The van der Waals surface area contributed by atoms with E-state index in [1.54, 1.807) is 12.4 Å². The number of aromatic amines is 1. The van der Waals surface area contributed by atoms with Crippen LogP contribution < -0.4 is 10.2 Å². The number of aromatic nitrogens is 4. The summed E-state index contributed by atoms with van der Waals surface area (Å²) < 4.78 is 5.34. The number of alkyl carbamates (subject to hydrolysis) is 1. The van der Waals surface area contributed by atoms with Gasteiger partial charge >= 0.3 is 6.09 Å². The third-order valence-corrected chi connectivity index (χ3v) is 4.22. The first kappa shape index (κ1) is 15.1. The minimum Gasteiger partial charge on any atom is -0.444 e. The number of rotatable bonds is 3. The van der Waals surface area contributed by atoms with Gasteiger partial charge in [-0.1, -0.05) is 0 Å². The number of fused-ring (bicyclic) bond motifs is 3. The SMILES string of the molecule is N#CCNC(=O)OC1CCN(c2nncc3cnc4[nH]ccc4c23)C1. The smallest absolute Gasteiger partial charge is 0.408 e. The Labute approximate surface area is 142 Å². The van der Waals surface area contributed by atoms with Crippen LogP contribution in [0.25, 0.3) is 21.8 Å². The molecule has 4 heterocycles. The van der Waals surface area contributed by atoms with Gasteiger partial charge < -0.3 is 19.9 Å². The summed E-state index contributed by atoms with van der Waals surface area (Å²) in [6.45, 7) is 1.17. The fourth-order valence-electron chi connectivity index (χ4n) is 3.11. The fraction of sp³-hybridized carbons (Fsp3) is 0.312. The lowest BCUT2D eigenvalue weighted by Gasteiger charge is -2.19. The van der Waals surface area contributed by atoms with E-state index in [4.69, 9.17) is 10.00 Å². The normalized spacial score (nSPS) is 16.9. The first-order valence-corrected chi connectivity index (χ1v) is 7.90. The van der Waals surface area contributed by atoms with Gasteiger partial charge in [0.2, 0.25) is 0 Å². The largest absolute Gasteiger partial charge is 0.444 e. The summed E-state index contributed by atoms with van der Waals surface area (Å²) in [5.74, 6) is 0.757. The van der Waals surface area contributed by atoms with Gasteiger partial charge in [-0.05, 0) is 6.07 Å². The van der Waals surface area contributed by atoms with Crippen LogP contribution in [0.15, 0.2) is 24.7 Å². The second-order valence-electron chi connectivity index (χ2n) is 5.77. The molecule has 0 aliphatic carbocycles. The summed E-state index contributed by atoms with van der Waals surface area (Å²) in [6.07, 6.45) is 5.17. The Hall–Kier alpha value is -3.41. The zero-order chi connectivity index (χ0) is 17.2. The summed E-state index contributed by atoms with van der Waals surface area (Å²) in [5.41, 5.74) is 0.796. The van der Waals surface area contributed by atoms with Crippen molar-refractivity contribution < 1.29 is 9.53 Å². The van der Waals surface area contributed by atoms with Gasteiger partial charge in [0, 0.05) is 41.5 Å². The predicted molar refractivity (Wildman–Crippen MR) is 89.9 cm³/mol. The molecule has 1 unspecified atom stereocenters. The summed E-state index contributed by atoms with van der Waals surface area (Å²) in [6, 6.07) is 3.81. The van der Waals surface area contributed by atoms with E-state index in [9.17, 15) is 4.79 Å². The number of nitrogens with one attached hydrogen (secondary N) is 2. The topological polar surface area (TPSA) is 120 Å². The van der Waals surface area contributed by atoms with Crippen molar-refractivity contribution in [1.29, 1.82) is 5.26 Å². The number of carbonyl (C=O) groups is 1. The number of anilines is 1. The van der Waals surface area contributed by atoms with E-state index in [0.717, 1.165) is 27.6 Å². The van der Waals surface area contributed by atoms with Gasteiger partial charge in [-0.25, -0.2) is 9.78 Å². The first-order valence-electron chi connectivity index (χ1n) is 7.90. The second-order valence-corrected chi connectivity index (χ2v) is 5.77. The van der Waals surface area contributed by atoms with E-state index in [-0.39, 0.29) is 12.6 Å². The molecule has 1 fully saturated rings. The predicted octanol–water partition coefficient (Wildman–Crippen LogP) is 1.33. The highest BCUT2D eigenvalue weighted by molar-refractivity contribution is 6.09. The quantitative estimate of drug-likeness (QED) is 0.692. The number of carbonyl (C=O) groups excluding carboxylic acids is 1. The van der Waals surface area contributed by atoms with Crippen LogP contribution in [-0.4, -0.2) is 52.0 Å². The van der Waals surface area contributed by atoms with Crippen molar-refractivity contribution in [3.8, 4) is 6.07 Å². The standard InChI is InChI=1S/C16H15N7O2/c17-3-5-19-16(24)25-11-2-6-23(9-11)15-13-10(8-21-22-15)7-20-14-12(13)1-4-18-14/h1,4,7-8,11H,2,5-6,9H2,(H,18,20)(H,19,24). The van der Waals surface area contributed by atoms with Crippen LogP contribution in [-0.2, 0) is 4.74 Å². The Morgan fingerprint density at radius 2 is 2.44 bits per heavy atom. The molecule has 1 aliphatic heterocycles. The maximum Gasteiger partial charge on any atom is 0.408 e. The van der Waals surface area contributed by atoms with Crippen molar-refractivity contribution in [1.82, 2.24) is 25.5 Å². The van der Waals surface area contributed by atoms with E-state index in [1.165, 1.54) is 0 Å². The number of nitriles is 1. The third-order valence-electron chi connectivity index (χ3n) is 4.22. The zero-order valence-corrected chi connectivity index (χ0v) is 13.3. The average Bonchev–Trinajstić information content (AvgIpc) is 3.28. The van der Waals surface area contributed by atoms with Crippen LogP contribution in [0.3, 0.4) is 0 Å². The molecule has 1 saturated heterocycles. The van der Waals surface area contributed by atoms with Crippen molar-refractivity contribution in [2.75, 3.05) is 24.5 Å². The molecule has 3 aromatic heterocycles. The molecule has 0 spiro atoms. The molecule has 25 heavy (non-hydrogen) atoms. The molecule has 0 saturated carbocycles. The number of pyridine rings is 1. The molecular weight excluding hydrogens is 322 g/mol. The number of nitrogens with zero attached hydrogens (tertiary/aromatic N) is 5. The molecule has 4 rings (SSSR count). The number of ether oxygens (including phenoxy) is 1. The highest BCUT2D eigenvalue weighted by Crippen LogP contribution is 2.31. The lowest BCUT2D eigenvalue weighted by atomic mass is 10.1. The molecule has 1 aliphatic rings. The van der Waals surface area contributed by atoms with Crippen molar-refractivity contribution >= 4 is 33.7 Å². The monoisotopic (exact) mass is 337 g/mol. The van der Waals surface area contributed by atoms with Crippen LogP contribution in [0.1, 0.15) is 6.42 Å². The van der Waals surface area contributed by atoms with Crippen molar-refractivity contribution in [2.45, 2.75) is 12.5 Å². The number of H-pyrrole nitrogens is 1. The average molecular weight is 337 g/mol. The van der Waals surface area contributed by atoms with Gasteiger partial charge in [0.25, 0.3) is 0 Å². The van der Waals surface area contributed by atoms with E-state index >= 15 is 0 Å². The lowest BCUT2D eigenvalue weighted by Crippen LogP contribution is -2.31. The summed E-state index contributed by atoms with van der Waals surface area (Å²) in [5, 5.41) is 22.1. The van der Waals surface area contributed by atoms with E-state index in [0.29, 0.717) is 19.5 Å². The van der Waals surface area contributed by atoms with Crippen LogP contribution in [0.5, 0.6) is 0 Å². The molecule has 0 radical (unpaired) electrons. The Morgan fingerprint density at radius 3 is 3.32 bits per heavy atom. The second kappa shape index (κ2) is 6.24. The number of hydrogen-bond acceptors (Lipinski definition) is 7. The van der Waals surface area contributed by atoms with Gasteiger partial charge in [0.1, 0.15) is 18.3 Å². The maximum absolute atomic E-state index is 11.6. The molecule has 2 N–H and O–H groups in total. The van der Waals surface area contributed by atoms with E-state index in [1.807, 2.05) is 18.3 Å². The lowest BCUT2D eigenvalue weighted by molar-refractivity contribution is 0.109. The molecule has 1 amide bonds. The molecule has 9 nitrogen and oxygen atoms in total. The van der Waals surface area contributed by atoms with Crippen LogP contribution >= 0.6 is 0 Å². The van der Waals surface area contributed by atoms with E-state index in [2.05, 4.69) is 30.4 Å². The number of amides is 1. The van der Waals surface area contributed by atoms with Gasteiger partial charge in [0.05, 0.1) is 18.8 Å². The van der Waals surface area contributed by atoms with Gasteiger partial charge in [0.15, 0.2) is 5.82 Å². The third kappa shape index (κ3) is 2.78. The van der Waals surface area contributed by atoms with Crippen molar-refractivity contribution in [3.05, 3.63) is 24.7 Å². The molecule has 0 bridgehead atoms. The van der Waals surface area contributed by atoms with Gasteiger partial charge in [-0.15, -0.1) is 5.10 Å². The Balaban J connectivity index is 1.60. The Morgan fingerprint density at radius 1 is 1.52 bits per heavy atom. The molecule has 0 aromatic carbocycles. The zero-order valence-electron chi connectivity index (χ0n) is 13.3. The minimum absolute atomic E-state index is 0.0669. The first-order chi connectivity index (χ1) is 12.3. The molecule has 3 aromatic rings. The van der Waals surface area contributed by atoms with Crippen LogP contribution in [0, 0.1) is 11.3 Å². The molecule has 126 valence electrons. The van der Waals surface area contributed by atoms with Crippen LogP contribution in [0.2, 0.25) is 0 Å². The number of hydrogen-bond donors (Lipinski definition) is 2. The van der Waals surface area contributed by atoms with Crippen molar-refractivity contribution in [2.24, 2.45) is 0 Å². The highest BCUT2D eigenvalue weighted by Gasteiger charge is 2.28. The minimum atomic E-state index is -0.574. The van der Waals surface area contributed by atoms with E-state index < -0.39 is 6.09 Å². The summed E-state index contributed by atoms with van der Waals surface area (Å²) in [4.78, 5) is 21.1. The highest BCUT2D eigenvalue weighted by atomic mass is 16.6. The molecule has 9 heteroatoms. The summed E-state index contributed by atoms with van der Waals surface area (Å²) >= 11 is 0. The van der Waals surface area contributed by atoms with Crippen molar-refractivity contribution in [3.63, 3.8) is 0 Å². The van der Waals surface area contributed by atoms with Gasteiger partial charge in [-0.3, -0.25) is 0 Å². The fourth-order valence-corrected chi connectivity index (χ4v) is 3.11. The van der Waals surface area contributed by atoms with Gasteiger partial charge in [-0.2, -0.15) is 10.4 Å². The molecule has 1 atom stereocenters.